The first-order chi connectivity index (χ1) is 5.79. The largest absolute Gasteiger partial charge is 0.396 e. The maximum absolute atomic E-state index is 8.70. The lowest BCUT2D eigenvalue weighted by Crippen LogP contribution is -2.30. The standard InChI is InChI=1S/C9H19NOS/c1-7-8(10-2)3-4-9(7)12-6-5-11/h7-11H,3-6H2,1-2H3. The summed E-state index contributed by atoms with van der Waals surface area (Å²) in [4.78, 5) is 0. The fraction of sp³-hybridized carbons (Fsp3) is 1.00. The van der Waals surface area contributed by atoms with Crippen LogP contribution in [0.5, 0.6) is 0 Å². The number of hydrogen-bond acceptors (Lipinski definition) is 3. The van der Waals surface area contributed by atoms with Crippen molar-refractivity contribution in [3.8, 4) is 0 Å². The molecular weight excluding hydrogens is 170 g/mol. The molecule has 3 heteroatoms. The molecule has 0 aromatic carbocycles. The van der Waals surface area contributed by atoms with Gasteiger partial charge in [-0.1, -0.05) is 6.92 Å². The van der Waals surface area contributed by atoms with Gasteiger partial charge in [0.05, 0.1) is 6.61 Å². The summed E-state index contributed by atoms with van der Waals surface area (Å²) in [6.45, 7) is 2.63. The SMILES string of the molecule is CNC1CCC(SCCO)C1C. The van der Waals surface area contributed by atoms with E-state index in [0.717, 1.165) is 16.9 Å². The van der Waals surface area contributed by atoms with Gasteiger partial charge in [-0.2, -0.15) is 11.8 Å². The van der Waals surface area contributed by atoms with E-state index in [9.17, 15) is 0 Å². The average molecular weight is 189 g/mol. The Morgan fingerprint density at radius 3 is 2.75 bits per heavy atom. The van der Waals surface area contributed by atoms with Gasteiger partial charge in [0, 0.05) is 17.0 Å². The highest BCUT2D eigenvalue weighted by Crippen LogP contribution is 2.34. The molecule has 1 aliphatic rings. The minimum Gasteiger partial charge on any atom is -0.396 e. The van der Waals surface area contributed by atoms with E-state index >= 15 is 0 Å². The van der Waals surface area contributed by atoms with Crippen molar-refractivity contribution in [1.82, 2.24) is 5.32 Å². The van der Waals surface area contributed by atoms with Crippen LogP contribution in [-0.4, -0.2) is 35.8 Å². The summed E-state index contributed by atoms with van der Waals surface area (Å²) in [5, 5.41) is 12.8. The maximum atomic E-state index is 8.70. The third-order valence-electron chi connectivity index (χ3n) is 2.78. The van der Waals surface area contributed by atoms with Gasteiger partial charge in [-0.3, -0.25) is 0 Å². The fourth-order valence-corrected chi connectivity index (χ4v) is 3.18. The lowest BCUT2D eigenvalue weighted by molar-refractivity contribution is 0.322. The molecule has 1 fully saturated rings. The van der Waals surface area contributed by atoms with Gasteiger partial charge in [-0.15, -0.1) is 0 Å². The molecule has 1 saturated carbocycles. The smallest absolute Gasteiger partial charge is 0.0521 e. The van der Waals surface area contributed by atoms with Gasteiger partial charge in [-0.05, 0) is 25.8 Å². The van der Waals surface area contributed by atoms with Crippen molar-refractivity contribution in [1.29, 1.82) is 0 Å². The van der Waals surface area contributed by atoms with E-state index in [4.69, 9.17) is 5.11 Å². The number of nitrogens with one attached hydrogen (secondary N) is 1. The Kier molecular flexibility index (Phi) is 4.40. The molecule has 0 spiro atoms. The van der Waals surface area contributed by atoms with Gasteiger partial charge in [0.2, 0.25) is 0 Å². The molecular formula is C9H19NOS. The average Bonchev–Trinajstić information content (AvgIpc) is 2.43. The number of rotatable bonds is 4. The van der Waals surface area contributed by atoms with Crippen molar-refractivity contribution in [2.45, 2.75) is 31.1 Å². The summed E-state index contributed by atoms with van der Waals surface area (Å²) in [6, 6.07) is 0.696. The summed E-state index contributed by atoms with van der Waals surface area (Å²) in [5.41, 5.74) is 0. The molecule has 3 atom stereocenters. The molecule has 72 valence electrons. The van der Waals surface area contributed by atoms with E-state index in [-0.39, 0.29) is 0 Å². The third kappa shape index (κ3) is 2.38. The highest BCUT2D eigenvalue weighted by molar-refractivity contribution is 7.99. The van der Waals surface area contributed by atoms with E-state index in [1.165, 1.54) is 12.8 Å². The number of thioether (sulfide) groups is 1. The van der Waals surface area contributed by atoms with Crippen LogP contribution in [-0.2, 0) is 0 Å². The van der Waals surface area contributed by atoms with Crippen molar-refractivity contribution < 1.29 is 5.11 Å². The van der Waals surface area contributed by atoms with Crippen LogP contribution in [0.15, 0.2) is 0 Å². The van der Waals surface area contributed by atoms with Crippen molar-refractivity contribution in [3.63, 3.8) is 0 Å². The van der Waals surface area contributed by atoms with E-state index < -0.39 is 0 Å². The number of aliphatic hydroxyl groups excluding tert-OH is 1. The zero-order chi connectivity index (χ0) is 8.97. The van der Waals surface area contributed by atoms with Crippen molar-refractivity contribution >= 4 is 11.8 Å². The third-order valence-corrected chi connectivity index (χ3v) is 4.29. The monoisotopic (exact) mass is 189 g/mol. The van der Waals surface area contributed by atoms with E-state index in [2.05, 4.69) is 12.2 Å². The summed E-state index contributed by atoms with van der Waals surface area (Å²) in [7, 11) is 2.04. The molecule has 0 saturated heterocycles. The predicted molar refractivity (Wildman–Crippen MR) is 54.6 cm³/mol. The Hall–Kier alpha value is 0.270. The molecule has 0 radical (unpaired) electrons. The van der Waals surface area contributed by atoms with E-state index in [1.807, 2.05) is 18.8 Å². The number of aliphatic hydroxyl groups is 1. The molecule has 1 aliphatic carbocycles. The zero-order valence-electron chi connectivity index (χ0n) is 7.92. The molecule has 0 aromatic rings. The molecule has 0 heterocycles. The van der Waals surface area contributed by atoms with Crippen LogP contribution in [0, 0.1) is 5.92 Å². The second kappa shape index (κ2) is 5.10. The second-order valence-electron chi connectivity index (χ2n) is 3.46. The first-order valence-electron chi connectivity index (χ1n) is 4.69. The van der Waals surface area contributed by atoms with Gasteiger partial charge in [0.1, 0.15) is 0 Å². The van der Waals surface area contributed by atoms with Crippen molar-refractivity contribution in [2.75, 3.05) is 19.4 Å². The Morgan fingerprint density at radius 1 is 1.50 bits per heavy atom. The molecule has 1 rings (SSSR count). The first kappa shape index (κ1) is 10.4. The van der Waals surface area contributed by atoms with Gasteiger partial charge in [0.15, 0.2) is 0 Å². The van der Waals surface area contributed by atoms with Crippen molar-refractivity contribution in [2.24, 2.45) is 5.92 Å². The maximum Gasteiger partial charge on any atom is 0.0521 e. The highest BCUT2D eigenvalue weighted by atomic mass is 32.2. The normalized spacial score (nSPS) is 35.8. The van der Waals surface area contributed by atoms with Crippen LogP contribution in [0.4, 0.5) is 0 Å². The molecule has 0 aromatic heterocycles. The Labute approximate surface area is 79.1 Å². The fourth-order valence-electron chi connectivity index (χ4n) is 1.98. The topological polar surface area (TPSA) is 32.3 Å². The van der Waals surface area contributed by atoms with Crippen LogP contribution in [0.25, 0.3) is 0 Å². The van der Waals surface area contributed by atoms with Gasteiger partial charge < -0.3 is 10.4 Å². The molecule has 0 aliphatic heterocycles. The Bertz CT molecular complexity index is 132. The predicted octanol–water partition coefficient (Wildman–Crippen LogP) is 1.10. The summed E-state index contributed by atoms with van der Waals surface area (Å²) < 4.78 is 0. The van der Waals surface area contributed by atoms with Gasteiger partial charge in [0.25, 0.3) is 0 Å². The van der Waals surface area contributed by atoms with Gasteiger partial charge >= 0.3 is 0 Å². The quantitative estimate of drug-likeness (QED) is 0.694. The molecule has 0 amide bonds. The lowest BCUT2D eigenvalue weighted by atomic mass is 10.1. The molecule has 2 N–H and O–H groups in total. The molecule has 3 unspecified atom stereocenters. The van der Waals surface area contributed by atoms with Crippen LogP contribution in [0.1, 0.15) is 19.8 Å². The highest BCUT2D eigenvalue weighted by Gasteiger charge is 2.31. The minimum atomic E-state index is 0.318. The lowest BCUT2D eigenvalue weighted by Gasteiger charge is -2.19. The summed E-state index contributed by atoms with van der Waals surface area (Å²) >= 11 is 1.92. The number of hydrogen-bond donors (Lipinski definition) is 2. The van der Waals surface area contributed by atoms with Crippen molar-refractivity contribution in [3.05, 3.63) is 0 Å². The molecule has 0 bridgehead atoms. The van der Waals surface area contributed by atoms with Crippen LogP contribution >= 0.6 is 11.8 Å². The molecule has 12 heavy (non-hydrogen) atoms. The van der Waals surface area contributed by atoms with E-state index in [1.54, 1.807) is 0 Å². The molecule has 2 nitrogen and oxygen atoms in total. The van der Waals surface area contributed by atoms with Crippen LogP contribution < -0.4 is 5.32 Å². The Morgan fingerprint density at radius 2 is 2.25 bits per heavy atom. The second-order valence-corrected chi connectivity index (χ2v) is 4.81. The first-order valence-corrected chi connectivity index (χ1v) is 5.74. The van der Waals surface area contributed by atoms with Crippen LogP contribution in [0.3, 0.4) is 0 Å². The summed E-state index contributed by atoms with van der Waals surface area (Å²) in [6.07, 6.45) is 2.60. The van der Waals surface area contributed by atoms with E-state index in [0.29, 0.717) is 12.6 Å². The Balaban J connectivity index is 2.28. The van der Waals surface area contributed by atoms with Crippen LogP contribution in [0.2, 0.25) is 0 Å². The minimum absolute atomic E-state index is 0.318. The van der Waals surface area contributed by atoms with Gasteiger partial charge in [-0.25, -0.2) is 0 Å². The summed E-state index contributed by atoms with van der Waals surface area (Å²) in [5.74, 6) is 1.65. The zero-order valence-corrected chi connectivity index (χ0v) is 8.73.